The second kappa shape index (κ2) is 7.99. The summed E-state index contributed by atoms with van der Waals surface area (Å²) in [6.07, 6.45) is 2.62. The van der Waals surface area contributed by atoms with Crippen LogP contribution in [0.4, 0.5) is 0 Å². The number of benzene rings is 1. The number of hydrogen-bond acceptors (Lipinski definition) is 4. The first-order valence-corrected chi connectivity index (χ1v) is 7.96. The van der Waals surface area contributed by atoms with E-state index in [4.69, 9.17) is 26.8 Å². The summed E-state index contributed by atoms with van der Waals surface area (Å²) in [7, 11) is 1.62. The van der Waals surface area contributed by atoms with Crippen molar-refractivity contribution in [3.05, 3.63) is 28.8 Å². The van der Waals surface area contributed by atoms with Crippen molar-refractivity contribution in [1.82, 2.24) is 4.90 Å². The average Bonchev–Trinajstić information content (AvgIpc) is 3.00. The highest BCUT2D eigenvalue weighted by atomic mass is 35.5. The first-order chi connectivity index (χ1) is 10.2. The summed E-state index contributed by atoms with van der Waals surface area (Å²) in [5.74, 6) is 0.693. The van der Waals surface area contributed by atoms with E-state index >= 15 is 0 Å². The maximum atomic E-state index is 6.24. The van der Waals surface area contributed by atoms with Crippen LogP contribution in [0.1, 0.15) is 31.4 Å². The van der Waals surface area contributed by atoms with Crippen LogP contribution >= 0.6 is 11.6 Å². The minimum atomic E-state index is 0.155. The molecule has 0 radical (unpaired) electrons. The molecule has 1 heterocycles. The molecule has 0 aromatic heterocycles. The Kier molecular flexibility index (Phi) is 6.30. The lowest BCUT2D eigenvalue weighted by Gasteiger charge is -2.32. The lowest BCUT2D eigenvalue weighted by atomic mass is 10.0. The van der Waals surface area contributed by atoms with Gasteiger partial charge in [-0.3, -0.25) is 4.90 Å². The minimum Gasteiger partial charge on any atom is -0.495 e. The SMILES string of the molecule is CCN(CC1CCCO1)C(CN)c1ccc(OC)c(Cl)c1. The van der Waals surface area contributed by atoms with Gasteiger partial charge in [-0.25, -0.2) is 0 Å². The van der Waals surface area contributed by atoms with Crippen molar-refractivity contribution in [1.29, 1.82) is 0 Å². The molecule has 1 fully saturated rings. The van der Waals surface area contributed by atoms with Crippen molar-refractivity contribution >= 4 is 11.6 Å². The number of hydrogen-bond donors (Lipinski definition) is 1. The third-order valence-electron chi connectivity index (χ3n) is 4.09. The molecule has 118 valence electrons. The predicted octanol–water partition coefficient (Wildman–Crippen LogP) is 2.85. The maximum Gasteiger partial charge on any atom is 0.137 e. The van der Waals surface area contributed by atoms with E-state index in [1.807, 2.05) is 18.2 Å². The third-order valence-corrected chi connectivity index (χ3v) is 4.39. The topological polar surface area (TPSA) is 47.7 Å². The van der Waals surface area contributed by atoms with Gasteiger partial charge >= 0.3 is 0 Å². The standard InChI is InChI=1S/C16H25ClN2O2/c1-3-19(11-13-5-4-8-21-13)15(10-18)12-6-7-16(20-2)14(17)9-12/h6-7,9,13,15H,3-5,8,10-11,18H2,1-2H3. The molecule has 2 atom stereocenters. The van der Waals surface area contributed by atoms with Crippen molar-refractivity contribution < 1.29 is 9.47 Å². The van der Waals surface area contributed by atoms with E-state index in [1.54, 1.807) is 7.11 Å². The lowest BCUT2D eigenvalue weighted by Crippen LogP contribution is -2.38. The summed E-state index contributed by atoms with van der Waals surface area (Å²) in [6.45, 7) is 5.45. The molecule has 1 aromatic rings. The number of halogens is 1. The van der Waals surface area contributed by atoms with Crippen molar-refractivity contribution in [2.24, 2.45) is 5.73 Å². The smallest absolute Gasteiger partial charge is 0.137 e. The Labute approximate surface area is 132 Å². The van der Waals surface area contributed by atoms with E-state index in [1.165, 1.54) is 0 Å². The zero-order chi connectivity index (χ0) is 15.2. The van der Waals surface area contributed by atoms with Gasteiger partial charge in [0, 0.05) is 25.7 Å². The van der Waals surface area contributed by atoms with Gasteiger partial charge in [0.05, 0.1) is 18.2 Å². The summed E-state index contributed by atoms with van der Waals surface area (Å²) in [4.78, 5) is 2.37. The van der Waals surface area contributed by atoms with Crippen LogP contribution in [0.5, 0.6) is 5.75 Å². The van der Waals surface area contributed by atoms with Crippen molar-refractivity contribution in [3.8, 4) is 5.75 Å². The van der Waals surface area contributed by atoms with Crippen LogP contribution < -0.4 is 10.5 Å². The third kappa shape index (κ3) is 4.10. The van der Waals surface area contributed by atoms with Crippen LogP contribution in [0.15, 0.2) is 18.2 Å². The van der Waals surface area contributed by atoms with Gasteiger partial charge in [-0.2, -0.15) is 0 Å². The number of likely N-dealkylation sites (N-methyl/N-ethyl adjacent to an activating group) is 1. The fourth-order valence-corrected chi connectivity index (χ4v) is 3.18. The van der Waals surface area contributed by atoms with Crippen LogP contribution in [0.3, 0.4) is 0 Å². The normalized spacial score (nSPS) is 20.0. The lowest BCUT2D eigenvalue weighted by molar-refractivity contribution is 0.0601. The Morgan fingerprint density at radius 2 is 2.33 bits per heavy atom. The van der Waals surface area contributed by atoms with E-state index in [9.17, 15) is 0 Å². The molecule has 0 bridgehead atoms. The van der Waals surface area contributed by atoms with E-state index in [-0.39, 0.29) is 6.04 Å². The number of ether oxygens (including phenoxy) is 2. The number of nitrogens with two attached hydrogens (primary N) is 1. The van der Waals surface area contributed by atoms with E-state index < -0.39 is 0 Å². The molecule has 5 heteroatoms. The van der Waals surface area contributed by atoms with Crippen LogP contribution in [-0.2, 0) is 4.74 Å². The average molecular weight is 313 g/mol. The molecule has 1 aromatic carbocycles. The van der Waals surface area contributed by atoms with Crippen LogP contribution in [-0.4, -0.2) is 44.4 Å². The Hall–Kier alpha value is -0.810. The highest BCUT2D eigenvalue weighted by Crippen LogP contribution is 2.30. The molecule has 2 N–H and O–H groups in total. The molecule has 2 unspecified atom stereocenters. The molecule has 1 saturated heterocycles. The monoisotopic (exact) mass is 312 g/mol. The molecule has 1 aliphatic heterocycles. The summed E-state index contributed by atoms with van der Waals surface area (Å²) in [6, 6.07) is 6.05. The summed E-state index contributed by atoms with van der Waals surface area (Å²) in [5.41, 5.74) is 7.15. The van der Waals surface area contributed by atoms with E-state index in [0.29, 0.717) is 23.4 Å². The molecule has 0 saturated carbocycles. The Morgan fingerprint density at radius 3 is 2.86 bits per heavy atom. The van der Waals surface area contributed by atoms with Crippen LogP contribution in [0, 0.1) is 0 Å². The molecule has 1 aliphatic rings. The number of nitrogens with zero attached hydrogens (tertiary/aromatic N) is 1. The van der Waals surface area contributed by atoms with E-state index in [0.717, 1.165) is 38.1 Å². The molecule has 21 heavy (non-hydrogen) atoms. The molecule has 0 amide bonds. The fourth-order valence-electron chi connectivity index (χ4n) is 2.91. The Balaban J connectivity index is 2.13. The van der Waals surface area contributed by atoms with Gasteiger partial charge in [0.1, 0.15) is 5.75 Å². The highest BCUT2D eigenvalue weighted by Gasteiger charge is 2.24. The Bertz CT molecular complexity index is 450. The maximum absolute atomic E-state index is 6.24. The van der Waals surface area contributed by atoms with Gasteiger partial charge in [0.25, 0.3) is 0 Å². The van der Waals surface area contributed by atoms with Gasteiger partial charge in [-0.05, 0) is 37.1 Å². The summed E-state index contributed by atoms with van der Waals surface area (Å²) in [5, 5.41) is 0.626. The largest absolute Gasteiger partial charge is 0.495 e. The van der Waals surface area contributed by atoms with Crippen molar-refractivity contribution in [2.75, 3.05) is 33.4 Å². The molecule has 2 rings (SSSR count). The van der Waals surface area contributed by atoms with Crippen molar-refractivity contribution in [3.63, 3.8) is 0 Å². The van der Waals surface area contributed by atoms with Gasteiger partial charge in [-0.15, -0.1) is 0 Å². The van der Waals surface area contributed by atoms with Gasteiger partial charge in [0.2, 0.25) is 0 Å². The van der Waals surface area contributed by atoms with Gasteiger partial charge in [0.15, 0.2) is 0 Å². The molecule has 4 nitrogen and oxygen atoms in total. The van der Waals surface area contributed by atoms with Crippen molar-refractivity contribution in [2.45, 2.75) is 31.9 Å². The second-order valence-electron chi connectivity index (χ2n) is 5.37. The van der Waals surface area contributed by atoms with Gasteiger partial charge in [-0.1, -0.05) is 24.6 Å². The first kappa shape index (κ1) is 16.6. The van der Waals surface area contributed by atoms with Crippen LogP contribution in [0.25, 0.3) is 0 Å². The predicted molar refractivity (Wildman–Crippen MR) is 86.0 cm³/mol. The summed E-state index contributed by atoms with van der Waals surface area (Å²) < 4.78 is 11.0. The summed E-state index contributed by atoms with van der Waals surface area (Å²) >= 11 is 6.24. The Morgan fingerprint density at radius 1 is 1.52 bits per heavy atom. The molecular formula is C16H25ClN2O2. The highest BCUT2D eigenvalue weighted by molar-refractivity contribution is 6.32. The van der Waals surface area contributed by atoms with Gasteiger partial charge < -0.3 is 15.2 Å². The molecule has 0 spiro atoms. The first-order valence-electron chi connectivity index (χ1n) is 7.58. The number of rotatable bonds is 7. The quantitative estimate of drug-likeness (QED) is 0.841. The zero-order valence-corrected chi connectivity index (χ0v) is 13.6. The zero-order valence-electron chi connectivity index (χ0n) is 12.8. The fraction of sp³-hybridized carbons (Fsp3) is 0.625. The second-order valence-corrected chi connectivity index (χ2v) is 5.78. The van der Waals surface area contributed by atoms with Crippen LogP contribution in [0.2, 0.25) is 5.02 Å². The number of methoxy groups -OCH3 is 1. The minimum absolute atomic E-state index is 0.155. The van der Waals surface area contributed by atoms with E-state index in [2.05, 4.69) is 11.8 Å². The molecule has 0 aliphatic carbocycles. The molecular weight excluding hydrogens is 288 g/mol.